The summed E-state index contributed by atoms with van der Waals surface area (Å²) in [6.07, 6.45) is 1.04. The van der Waals surface area contributed by atoms with Crippen LogP contribution >= 0.6 is 23.8 Å². The van der Waals surface area contributed by atoms with Gasteiger partial charge >= 0.3 is 0 Å². The van der Waals surface area contributed by atoms with Crippen LogP contribution in [-0.2, 0) is 4.74 Å². The zero-order valence-electron chi connectivity index (χ0n) is 19.8. The summed E-state index contributed by atoms with van der Waals surface area (Å²) in [7, 11) is 0. The number of aryl methyl sites for hydroxylation is 1. The fourth-order valence-corrected chi connectivity index (χ4v) is 4.58. The summed E-state index contributed by atoms with van der Waals surface area (Å²) in [5, 5.41) is 9.05. The Morgan fingerprint density at radius 1 is 1.18 bits per heavy atom. The summed E-state index contributed by atoms with van der Waals surface area (Å²) in [6, 6.07) is 15.5. The molecule has 0 fully saturated rings. The van der Waals surface area contributed by atoms with Crippen molar-refractivity contribution in [3.8, 4) is 11.4 Å². The monoisotopic (exact) mass is 496 g/mol. The van der Waals surface area contributed by atoms with Gasteiger partial charge in [0.15, 0.2) is 5.11 Å². The SMILES string of the molecule is CC1=C(c2nc(-c3cccc(C)c3)no2)C(c2cccc(Cl)c2)NC(=S)N1CCCOC(C)C. The van der Waals surface area contributed by atoms with Gasteiger partial charge in [-0.05, 0) is 70.1 Å². The van der Waals surface area contributed by atoms with Crippen molar-refractivity contribution in [2.24, 2.45) is 0 Å². The highest BCUT2D eigenvalue weighted by atomic mass is 35.5. The molecule has 4 rings (SSSR count). The van der Waals surface area contributed by atoms with Gasteiger partial charge in [-0.2, -0.15) is 4.98 Å². The average molecular weight is 497 g/mol. The van der Waals surface area contributed by atoms with E-state index in [1.165, 1.54) is 0 Å². The third-order valence-corrected chi connectivity index (χ3v) is 6.26. The molecule has 3 aromatic rings. The van der Waals surface area contributed by atoms with E-state index in [4.69, 9.17) is 38.1 Å². The third-order valence-electron chi connectivity index (χ3n) is 5.69. The van der Waals surface area contributed by atoms with Gasteiger partial charge in [0.2, 0.25) is 5.82 Å². The van der Waals surface area contributed by atoms with Crippen molar-refractivity contribution in [2.75, 3.05) is 13.2 Å². The maximum atomic E-state index is 6.32. The van der Waals surface area contributed by atoms with Gasteiger partial charge in [-0.25, -0.2) is 0 Å². The minimum absolute atomic E-state index is 0.198. The Morgan fingerprint density at radius 2 is 1.97 bits per heavy atom. The van der Waals surface area contributed by atoms with Crippen LogP contribution in [0, 0.1) is 6.92 Å². The maximum absolute atomic E-state index is 6.32. The predicted octanol–water partition coefficient (Wildman–Crippen LogP) is 6.18. The second-order valence-corrected chi connectivity index (χ2v) is 9.48. The van der Waals surface area contributed by atoms with E-state index in [2.05, 4.69) is 15.4 Å². The lowest BCUT2D eigenvalue weighted by Crippen LogP contribution is -2.46. The van der Waals surface area contributed by atoms with Crippen molar-refractivity contribution in [3.63, 3.8) is 0 Å². The van der Waals surface area contributed by atoms with E-state index in [0.29, 0.717) is 28.5 Å². The van der Waals surface area contributed by atoms with Crippen LogP contribution in [0.15, 0.2) is 58.8 Å². The van der Waals surface area contributed by atoms with Gasteiger partial charge in [-0.15, -0.1) is 0 Å². The van der Waals surface area contributed by atoms with E-state index in [1.807, 2.05) is 76.2 Å². The van der Waals surface area contributed by atoms with Crippen molar-refractivity contribution in [3.05, 3.63) is 76.3 Å². The molecule has 0 spiro atoms. The summed E-state index contributed by atoms with van der Waals surface area (Å²) in [5.74, 6) is 1.01. The van der Waals surface area contributed by atoms with E-state index < -0.39 is 0 Å². The van der Waals surface area contributed by atoms with Crippen molar-refractivity contribution in [1.82, 2.24) is 20.4 Å². The molecular weight excluding hydrogens is 468 g/mol. The highest BCUT2D eigenvalue weighted by Gasteiger charge is 2.34. The van der Waals surface area contributed by atoms with Gasteiger partial charge in [0.25, 0.3) is 5.89 Å². The van der Waals surface area contributed by atoms with Crippen molar-refractivity contribution in [1.29, 1.82) is 0 Å². The first kappa shape index (κ1) is 24.4. The third kappa shape index (κ3) is 5.49. The minimum Gasteiger partial charge on any atom is -0.379 e. The first-order chi connectivity index (χ1) is 16.3. The van der Waals surface area contributed by atoms with Crippen molar-refractivity contribution < 1.29 is 9.26 Å². The summed E-state index contributed by atoms with van der Waals surface area (Å²) in [6.45, 7) is 9.53. The highest BCUT2D eigenvalue weighted by Crippen LogP contribution is 2.38. The Labute approximate surface area is 210 Å². The Hall–Kier alpha value is -2.74. The molecule has 0 aliphatic carbocycles. The topological polar surface area (TPSA) is 63.4 Å². The highest BCUT2D eigenvalue weighted by molar-refractivity contribution is 7.80. The Morgan fingerprint density at radius 3 is 2.71 bits per heavy atom. The molecule has 0 amide bonds. The predicted molar refractivity (Wildman–Crippen MR) is 139 cm³/mol. The van der Waals surface area contributed by atoms with Crippen LogP contribution in [0.25, 0.3) is 17.0 Å². The van der Waals surface area contributed by atoms with Crippen LogP contribution < -0.4 is 5.32 Å². The van der Waals surface area contributed by atoms with Crippen molar-refractivity contribution >= 4 is 34.5 Å². The second kappa shape index (κ2) is 10.7. The average Bonchev–Trinajstić information content (AvgIpc) is 3.27. The summed E-state index contributed by atoms with van der Waals surface area (Å²) >= 11 is 12.1. The number of thiocarbonyl (C=S) groups is 1. The number of allylic oxidation sites excluding steroid dienone is 1. The smallest absolute Gasteiger partial charge is 0.258 e. The standard InChI is InChI=1S/C26H29ClN4O2S/c1-16(2)32-13-7-12-31-18(4)22(23(28-26(31)34)19-9-6-11-21(27)15-19)25-29-24(30-33-25)20-10-5-8-17(3)14-20/h5-6,8-11,14-16,23H,7,12-13H2,1-4H3,(H,28,34). The fraction of sp³-hybridized carbons (Fsp3) is 0.346. The van der Waals surface area contributed by atoms with Crippen LogP contribution in [0.5, 0.6) is 0 Å². The molecule has 0 saturated heterocycles. The molecule has 1 aromatic heterocycles. The lowest BCUT2D eigenvalue weighted by atomic mass is 9.94. The molecular formula is C26H29ClN4O2S. The molecule has 1 unspecified atom stereocenters. The van der Waals surface area contributed by atoms with Crippen LogP contribution in [0.4, 0.5) is 0 Å². The van der Waals surface area contributed by atoms with Crippen LogP contribution in [0.1, 0.15) is 50.3 Å². The molecule has 2 aromatic carbocycles. The van der Waals surface area contributed by atoms with E-state index in [-0.39, 0.29) is 12.1 Å². The summed E-state index contributed by atoms with van der Waals surface area (Å²) in [4.78, 5) is 6.85. The number of hydrogen-bond acceptors (Lipinski definition) is 5. The molecule has 1 N–H and O–H groups in total. The molecule has 1 aliphatic rings. The molecule has 0 radical (unpaired) electrons. The van der Waals surface area contributed by atoms with E-state index in [9.17, 15) is 0 Å². The minimum atomic E-state index is -0.264. The van der Waals surface area contributed by atoms with Crippen LogP contribution in [-0.4, -0.2) is 39.4 Å². The Bertz CT molecular complexity index is 1210. The number of nitrogens with zero attached hydrogens (tertiary/aromatic N) is 3. The summed E-state index contributed by atoms with van der Waals surface area (Å²) < 4.78 is 11.5. The number of nitrogens with one attached hydrogen (secondary N) is 1. The molecule has 8 heteroatoms. The zero-order chi connectivity index (χ0) is 24.2. The quantitative estimate of drug-likeness (QED) is 0.295. The van der Waals surface area contributed by atoms with Gasteiger partial charge in [-0.3, -0.25) is 0 Å². The first-order valence-electron chi connectivity index (χ1n) is 11.4. The van der Waals surface area contributed by atoms with Crippen molar-refractivity contribution in [2.45, 2.75) is 46.3 Å². The Balaban J connectivity index is 1.72. The van der Waals surface area contributed by atoms with Gasteiger partial charge < -0.3 is 19.5 Å². The number of benzene rings is 2. The largest absolute Gasteiger partial charge is 0.379 e. The lowest BCUT2D eigenvalue weighted by molar-refractivity contribution is 0.0749. The Kier molecular flexibility index (Phi) is 7.66. The normalized spacial score (nSPS) is 16.4. The number of aromatic nitrogens is 2. The first-order valence-corrected chi connectivity index (χ1v) is 12.2. The van der Waals surface area contributed by atoms with Gasteiger partial charge in [-0.1, -0.05) is 52.7 Å². The van der Waals surface area contributed by atoms with Gasteiger partial charge in [0, 0.05) is 29.4 Å². The van der Waals surface area contributed by atoms with Crippen LogP contribution in [0.2, 0.25) is 5.02 Å². The van der Waals surface area contributed by atoms with E-state index in [1.54, 1.807) is 0 Å². The van der Waals surface area contributed by atoms with Gasteiger partial charge in [0.1, 0.15) is 0 Å². The molecule has 178 valence electrons. The zero-order valence-corrected chi connectivity index (χ0v) is 21.4. The fourth-order valence-electron chi connectivity index (χ4n) is 4.04. The van der Waals surface area contributed by atoms with Crippen LogP contribution in [0.3, 0.4) is 0 Å². The molecule has 1 atom stereocenters. The second-order valence-electron chi connectivity index (χ2n) is 8.65. The molecule has 2 heterocycles. The number of hydrogen-bond donors (Lipinski definition) is 1. The number of ether oxygens (including phenoxy) is 1. The number of halogens is 1. The molecule has 0 bridgehead atoms. The molecule has 1 aliphatic heterocycles. The maximum Gasteiger partial charge on any atom is 0.258 e. The molecule has 6 nitrogen and oxygen atoms in total. The molecule has 34 heavy (non-hydrogen) atoms. The lowest BCUT2D eigenvalue weighted by Gasteiger charge is -2.37. The van der Waals surface area contributed by atoms with E-state index >= 15 is 0 Å². The van der Waals surface area contributed by atoms with E-state index in [0.717, 1.165) is 40.9 Å². The van der Waals surface area contributed by atoms with Gasteiger partial charge in [0.05, 0.1) is 17.7 Å². The number of rotatable bonds is 8. The molecule has 0 saturated carbocycles. The summed E-state index contributed by atoms with van der Waals surface area (Å²) in [5.41, 5.74) is 4.87.